The molecule has 0 radical (unpaired) electrons. The number of aliphatic hydroxyl groups excluding tert-OH is 2. The third-order valence-corrected chi connectivity index (χ3v) is 3.11. The second kappa shape index (κ2) is 4.37. The van der Waals surface area contributed by atoms with Crippen molar-refractivity contribution >= 4 is 11.2 Å². The Morgan fingerprint density at radius 3 is 3.00 bits per heavy atom. The number of hydrogen-bond acceptors (Lipinski definition) is 6. The van der Waals surface area contributed by atoms with Crippen LogP contribution >= 0.6 is 0 Å². The normalized spacial score (nSPS) is 31.1. The van der Waals surface area contributed by atoms with E-state index in [1.807, 2.05) is 0 Å². The Balaban J connectivity index is 2.06. The molecule has 2 aromatic heterocycles. The molecule has 19 heavy (non-hydrogen) atoms. The highest BCUT2D eigenvalue weighted by atomic mass is 19.1. The van der Waals surface area contributed by atoms with E-state index in [4.69, 9.17) is 9.84 Å². The molecule has 9 heteroatoms. The van der Waals surface area contributed by atoms with E-state index in [0.29, 0.717) is 0 Å². The number of fused-ring (bicyclic) bond motifs is 1. The Morgan fingerprint density at radius 2 is 2.32 bits per heavy atom. The first-order valence-electron chi connectivity index (χ1n) is 5.62. The van der Waals surface area contributed by atoms with Crippen LogP contribution in [-0.2, 0) is 4.74 Å². The number of nitrogens with zero attached hydrogens (tertiary/aromatic N) is 3. The Bertz CT molecular complexity index is 656. The maximum absolute atomic E-state index is 14.0. The van der Waals surface area contributed by atoms with Gasteiger partial charge in [-0.15, -0.1) is 0 Å². The second-order valence-corrected chi connectivity index (χ2v) is 4.24. The molecule has 102 valence electrons. The Kier molecular flexibility index (Phi) is 2.81. The van der Waals surface area contributed by atoms with Gasteiger partial charge in [-0.2, -0.15) is 0 Å². The van der Waals surface area contributed by atoms with Gasteiger partial charge in [0.1, 0.15) is 12.2 Å². The van der Waals surface area contributed by atoms with Crippen LogP contribution in [0, 0.1) is 0 Å². The number of rotatable bonds is 2. The van der Waals surface area contributed by atoms with Gasteiger partial charge in [0.05, 0.1) is 19.3 Å². The first kappa shape index (κ1) is 12.2. The predicted octanol–water partition coefficient (Wildman–Crippen LogP) is -1.29. The van der Waals surface area contributed by atoms with Gasteiger partial charge in [0.25, 0.3) is 5.56 Å². The number of ether oxygens (including phenoxy) is 1. The summed E-state index contributed by atoms with van der Waals surface area (Å²) in [6, 6.07) is 0. The molecule has 3 heterocycles. The average molecular weight is 270 g/mol. The Morgan fingerprint density at radius 1 is 1.53 bits per heavy atom. The van der Waals surface area contributed by atoms with Crippen molar-refractivity contribution < 1.29 is 19.3 Å². The summed E-state index contributed by atoms with van der Waals surface area (Å²) in [6.45, 7) is -0.501. The van der Waals surface area contributed by atoms with Gasteiger partial charge in [-0.1, -0.05) is 0 Å². The number of alkyl halides is 1. The number of nitrogens with one attached hydrogen (secondary N) is 1. The second-order valence-electron chi connectivity index (χ2n) is 4.24. The van der Waals surface area contributed by atoms with Crippen LogP contribution in [0.25, 0.3) is 11.2 Å². The predicted molar refractivity (Wildman–Crippen MR) is 60.0 cm³/mol. The fraction of sp³-hybridized carbons (Fsp3) is 0.500. The molecule has 0 bridgehead atoms. The van der Waals surface area contributed by atoms with Crippen LogP contribution in [0.2, 0.25) is 0 Å². The summed E-state index contributed by atoms with van der Waals surface area (Å²) in [4.78, 5) is 21.6. The van der Waals surface area contributed by atoms with Gasteiger partial charge in [0, 0.05) is 0 Å². The monoisotopic (exact) mass is 270 g/mol. The molecule has 0 unspecified atom stereocenters. The van der Waals surface area contributed by atoms with Crippen molar-refractivity contribution in [1.29, 1.82) is 0 Å². The number of imidazole rings is 1. The van der Waals surface area contributed by atoms with Crippen LogP contribution in [0.15, 0.2) is 17.4 Å². The molecule has 3 rings (SSSR count). The molecule has 0 spiro atoms. The standard InChI is InChI=1S/C10H11FN4O4/c11-5-7(17)4(1-16)19-10(5)15-3-14-6-8(15)12-2-13-9(6)18/h2-5,7,10,16-17H,1H2,(H,12,13,18)/t4-,5+,7-,10-/m0/s1. The summed E-state index contributed by atoms with van der Waals surface area (Å²) in [5.41, 5.74) is -0.237. The van der Waals surface area contributed by atoms with Crippen LogP contribution in [0.4, 0.5) is 4.39 Å². The lowest BCUT2D eigenvalue weighted by molar-refractivity contribution is -0.0459. The van der Waals surface area contributed by atoms with E-state index in [0.717, 1.165) is 0 Å². The number of hydrogen-bond donors (Lipinski definition) is 3. The SMILES string of the molecule is O=c1[nH]cnc2c1ncn2[C@H]1O[C@@H](CO)[C@H](O)[C@H]1F. The summed E-state index contributed by atoms with van der Waals surface area (Å²) in [5, 5.41) is 18.6. The van der Waals surface area contributed by atoms with Crippen molar-refractivity contribution in [2.24, 2.45) is 0 Å². The Hall–Kier alpha value is -1.84. The average Bonchev–Trinajstić information content (AvgIpc) is 2.94. The molecular weight excluding hydrogens is 259 g/mol. The molecule has 0 saturated carbocycles. The van der Waals surface area contributed by atoms with Gasteiger partial charge in [0.2, 0.25) is 0 Å². The lowest BCUT2D eigenvalue weighted by Crippen LogP contribution is -2.30. The zero-order valence-electron chi connectivity index (χ0n) is 9.60. The molecule has 4 atom stereocenters. The smallest absolute Gasteiger partial charge is 0.278 e. The topological polar surface area (TPSA) is 113 Å². The largest absolute Gasteiger partial charge is 0.394 e. The minimum atomic E-state index is -1.74. The highest BCUT2D eigenvalue weighted by molar-refractivity contribution is 5.68. The highest BCUT2D eigenvalue weighted by Gasteiger charge is 2.45. The van der Waals surface area contributed by atoms with Crippen molar-refractivity contribution in [2.75, 3.05) is 6.61 Å². The lowest BCUT2D eigenvalue weighted by Gasteiger charge is -2.14. The number of H-pyrrole nitrogens is 1. The molecular formula is C10H11FN4O4. The molecule has 0 amide bonds. The molecule has 1 fully saturated rings. The first-order chi connectivity index (χ1) is 9.13. The van der Waals surface area contributed by atoms with Crippen molar-refractivity contribution in [3.05, 3.63) is 23.0 Å². The van der Waals surface area contributed by atoms with Gasteiger partial charge in [-0.25, -0.2) is 14.4 Å². The number of aliphatic hydroxyl groups is 2. The number of halogens is 1. The first-order valence-corrected chi connectivity index (χ1v) is 5.62. The quantitative estimate of drug-likeness (QED) is 0.625. The highest BCUT2D eigenvalue weighted by Crippen LogP contribution is 2.32. The summed E-state index contributed by atoms with van der Waals surface area (Å²) in [5.74, 6) is 0. The van der Waals surface area contributed by atoms with E-state index >= 15 is 0 Å². The maximum atomic E-state index is 14.0. The summed E-state index contributed by atoms with van der Waals surface area (Å²) >= 11 is 0. The summed E-state index contributed by atoms with van der Waals surface area (Å²) in [6.07, 6.45) is -2.97. The molecule has 2 aromatic rings. The van der Waals surface area contributed by atoms with Crippen molar-refractivity contribution in [2.45, 2.75) is 24.6 Å². The lowest BCUT2D eigenvalue weighted by atomic mass is 10.1. The van der Waals surface area contributed by atoms with Crippen molar-refractivity contribution in [3.8, 4) is 0 Å². The molecule has 1 saturated heterocycles. The summed E-state index contributed by atoms with van der Waals surface area (Å²) < 4.78 is 20.4. The zero-order valence-corrected chi connectivity index (χ0v) is 9.60. The fourth-order valence-corrected chi connectivity index (χ4v) is 2.13. The molecule has 8 nitrogen and oxygen atoms in total. The van der Waals surface area contributed by atoms with E-state index < -0.39 is 36.8 Å². The third kappa shape index (κ3) is 1.74. The van der Waals surface area contributed by atoms with E-state index in [-0.39, 0.29) is 11.2 Å². The number of aromatic amines is 1. The molecule has 1 aliphatic rings. The minimum Gasteiger partial charge on any atom is -0.394 e. The summed E-state index contributed by atoms with van der Waals surface area (Å²) in [7, 11) is 0. The van der Waals surface area contributed by atoms with Crippen molar-refractivity contribution in [3.63, 3.8) is 0 Å². The van der Waals surface area contributed by atoms with Crippen LogP contribution < -0.4 is 5.56 Å². The van der Waals surface area contributed by atoms with Gasteiger partial charge in [-0.3, -0.25) is 9.36 Å². The van der Waals surface area contributed by atoms with Gasteiger partial charge in [0.15, 0.2) is 23.6 Å². The Labute approximate surface area is 105 Å². The van der Waals surface area contributed by atoms with E-state index in [1.165, 1.54) is 17.2 Å². The van der Waals surface area contributed by atoms with Crippen LogP contribution in [0.1, 0.15) is 6.23 Å². The third-order valence-electron chi connectivity index (χ3n) is 3.11. The molecule has 1 aliphatic heterocycles. The molecule has 0 aromatic carbocycles. The van der Waals surface area contributed by atoms with Gasteiger partial charge in [-0.05, 0) is 0 Å². The van der Waals surface area contributed by atoms with Crippen LogP contribution in [-0.4, -0.2) is 54.7 Å². The molecule has 3 N–H and O–H groups in total. The van der Waals surface area contributed by atoms with Gasteiger partial charge < -0.3 is 19.9 Å². The number of aromatic nitrogens is 4. The van der Waals surface area contributed by atoms with Crippen molar-refractivity contribution in [1.82, 2.24) is 19.5 Å². The van der Waals surface area contributed by atoms with E-state index in [9.17, 15) is 14.3 Å². The maximum Gasteiger partial charge on any atom is 0.278 e. The minimum absolute atomic E-state index is 0.0558. The van der Waals surface area contributed by atoms with E-state index in [1.54, 1.807) is 0 Å². The zero-order chi connectivity index (χ0) is 13.6. The van der Waals surface area contributed by atoms with E-state index in [2.05, 4.69) is 15.0 Å². The van der Waals surface area contributed by atoms with Crippen LogP contribution in [0.5, 0.6) is 0 Å². The molecule has 0 aliphatic carbocycles. The van der Waals surface area contributed by atoms with Crippen LogP contribution in [0.3, 0.4) is 0 Å². The fourth-order valence-electron chi connectivity index (χ4n) is 2.13. The van der Waals surface area contributed by atoms with Gasteiger partial charge >= 0.3 is 0 Å².